The van der Waals surface area contributed by atoms with Crippen molar-refractivity contribution in [3.05, 3.63) is 82.7 Å². The molecule has 33 heavy (non-hydrogen) atoms. The van der Waals surface area contributed by atoms with Crippen molar-refractivity contribution in [3.63, 3.8) is 0 Å². The van der Waals surface area contributed by atoms with Crippen LogP contribution in [0.2, 0.25) is 0 Å². The molecular weight excluding hydrogens is 440 g/mol. The van der Waals surface area contributed by atoms with Gasteiger partial charge in [-0.15, -0.1) is 0 Å². The number of carbonyl (C=O) groups is 1. The van der Waals surface area contributed by atoms with Gasteiger partial charge in [0.15, 0.2) is 0 Å². The number of benzene rings is 2. The van der Waals surface area contributed by atoms with E-state index in [1.165, 1.54) is 11.4 Å². The van der Waals surface area contributed by atoms with Gasteiger partial charge in [0, 0.05) is 18.8 Å². The average molecular weight is 471 g/mol. The highest BCUT2D eigenvalue weighted by atomic mass is 32.2. The molecule has 0 spiro atoms. The van der Waals surface area contributed by atoms with Crippen LogP contribution >= 0.6 is 0 Å². The quantitative estimate of drug-likeness (QED) is 0.448. The average Bonchev–Trinajstić information content (AvgIpc) is 3.10. The summed E-state index contributed by atoms with van der Waals surface area (Å²) in [5.41, 5.74) is 3.60. The van der Waals surface area contributed by atoms with E-state index in [0.717, 1.165) is 16.8 Å². The number of aromatic amines is 1. The van der Waals surface area contributed by atoms with Crippen molar-refractivity contribution in [2.24, 2.45) is 0 Å². The molecule has 3 rings (SSSR count). The maximum absolute atomic E-state index is 13.6. The zero-order chi connectivity index (χ0) is 24.0. The molecule has 2 aromatic carbocycles. The molecule has 7 nitrogen and oxygen atoms in total. The largest absolute Gasteiger partial charge is 0.497 e. The first-order valence-corrected chi connectivity index (χ1v) is 12.2. The molecule has 0 unspecified atom stereocenters. The van der Waals surface area contributed by atoms with Crippen LogP contribution in [0.5, 0.6) is 5.75 Å². The van der Waals surface area contributed by atoms with Gasteiger partial charge in [-0.2, -0.15) is 4.31 Å². The molecule has 0 saturated carbocycles. The summed E-state index contributed by atoms with van der Waals surface area (Å²) in [5.74, 6) is 0.138. The van der Waals surface area contributed by atoms with Gasteiger partial charge in [0.2, 0.25) is 10.0 Å². The first-order chi connectivity index (χ1) is 15.8. The molecule has 0 saturated heterocycles. The molecule has 0 bridgehead atoms. The lowest BCUT2D eigenvalue weighted by Crippen LogP contribution is -2.33. The Hall–Kier alpha value is -3.10. The van der Waals surface area contributed by atoms with Gasteiger partial charge in [0.1, 0.15) is 11.4 Å². The minimum absolute atomic E-state index is 0.134. The number of rotatable bonds is 10. The second-order valence-corrected chi connectivity index (χ2v) is 9.64. The number of H-pyrrole nitrogens is 1. The number of esters is 1. The van der Waals surface area contributed by atoms with Crippen molar-refractivity contribution in [3.8, 4) is 5.75 Å². The first-order valence-electron chi connectivity index (χ1n) is 10.8. The van der Waals surface area contributed by atoms with E-state index in [0.29, 0.717) is 23.4 Å². The fourth-order valence-corrected chi connectivity index (χ4v) is 5.10. The Morgan fingerprint density at radius 3 is 2.30 bits per heavy atom. The molecule has 1 N–H and O–H groups in total. The summed E-state index contributed by atoms with van der Waals surface area (Å²) >= 11 is 0. The number of aromatic nitrogens is 1. The maximum Gasteiger partial charge on any atom is 0.355 e. The number of sulfonamides is 1. The minimum atomic E-state index is -3.80. The van der Waals surface area contributed by atoms with E-state index in [1.54, 1.807) is 38.1 Å². The Kier molecular flexibility index (Phi) is 7.94. The number of hydrogen-bond acceptors (Lipinski definition) is 5. The van der Waals surface area contributed by atoms with Crippen LogP contribution in [0.15, 0.2) is 59.5 Å². The summed E-state index contributed by atoms with van der Waals surface area (Å²) in [6, 6.07) is 16.1. The van der Waals surface area contributed by atoms with Gasteiger partial charge < -0.3 is 14.5 Å². The normalized spacial score (nSPS) is 11.5. The lowest BCUT2D eigenvalue weighted by molar-refractivity contribution is 0.0519. The third kappa shape index (κ3) is 5.64. The number of aryl methyl sites for hydroxylation is 1. The molecule has 0 atom stereocenters. The van der Waals surface area contributed by atoms with Crippen LogP contribution < -0.4 is 4.74 Å². The molecule has 0 amide bonds. The lowest BCUT2D eigenvalue weighted by Gasteiger charge is -2.23. The van der Waals surface area contributed by atoms with Crippen molar-refractivity contribution in [2.45, 2.75) is 38.6 Å². The highest BCUT2D eigenvalue weighted by Gasteiger charge is 2.28. The number of nitrogens with zero attached hydrogens (tertiary/aromatic N) is 1. The standard InChI is InChI=1S/C25H30N2O5S/c1-5-32-25(28)24-18(2)23(19(3)26-24)17-27(16-15-20-9-7-6-8-10-20)33(29,30)22-13-11-21(31-4)12-14-22/h6-14,26H,5,15-17H2,1-4H3. The molecule has 0 aliphatic carbocycles. The van der Waals surface area contributed by atoms with E-state index < -0.39 is 16.0 Å². The predicted molar refractivity (Wildman–Crippen MR) is 127 cm³/mol. The van der Waals surface area contributed by atoms with Gasteiger partial charge >= 0.3 is 5.97 Å². The zero-order valence-corrected chi connectivity index (χ0v) is 20.2. The molecule has 8 heteroatoms. The van der Waals surface area contributed by atoms with Crippen LogP contribution in [-0.2, 0) is 27.7 Å². The Balaban J connectivity index is 1.96. The molecule has 0 aliphatic rings. The molecule has 1 aromatic heterocycles. The minimum Gasteiger partial charge on any atom is -0.497 e. The number of nitrogens with one attached hydrogen (secondary N) is 1. The summed E-state index contributed by atoms with van der Waals surface area (Å²) in [5, 5.41) is 0. The van der Waals surface area contributed by atoms with Crippen LogP contribution in [-0.4, -0.2) is 43.9 Å². The molecule has 3 aromatic rings. The summed E-state index contributed by atoms with van der Waals surface area (Å²) in [6.45, 7) is 6.07. The van der Waals surface area contributed by atoms with E-state index in [-0.39, 0.29) is 24.6 Å². The number of carbonyl (C=O) groups excluding carboxylic acids is 1. The number of ether oxygens (including phenoxy) is 2. The molecule has 176 valence electrons. The van der Waals surface area contributed by atoms with Crippen LogP contribution in [0.3, 0.4) is 0 Å². The molecule has 1 heterocycles. The SMILES string of the molecule is CCOC(=O)c1[nH]c(C)c(CN(CCc2ccccc2)S(=O)(=O)c2ccc(OC)cc2)c1C. The van der Waals surface area contributed by atoms with E-state index >= 15 is 0 Å². The van der Waals surface area contributed by atoms with Crippen LogP contribution in [0.4, 0.5) is 0 Å². The monoisotopic (exact) mass is 470 g/mol. The Labute approximate surface area is 195 Å². The van der Waals surface area contributed by atoms with E-state index in [1.807, 2.05) is 37.3 Å². The van der Waals surface area contributed by atoms with Crippen molar-refractivity contribution in [1.29, 1.82) is 0 Å². The second-order valence-electron chi connectivity index (χ2n) is 7.70. The van der Waals surface area contributed by atoms with Crippen LogP contribution in [0.25, 0.3) is 0 Å². The molecule has 0 aliphatic heterocycles. The van der Waals surface area contributed by atoms with Gasteiger partial charge in [-0.3, -0.25) is 0 Å². The van der Waals surface area contributed by atoms with Gasteiger partial charge in [0.05, 0.1) is 18.6 Å². The Bertz CT molecular complexity index is 1190. The fraction of sp³-hybridized carbons (Fsp3) is 0.320. The summed E-state index contributed by atoms with van der Waals surface area (Å²) in [6.07, 6.45) is 0.559. The van der Waals surface area contributed by atoms with E-state index in [2.05, 4.69) is 4.98 Å². The third-order valence-electron chi connectivity index (χ3n) is 5.60. The number of methoxy groups -OCH3 is 1. The van der Waals surface area contributed by atoms with Gasteiger partial charge in [-0.25, -0.2) is 13.2 Å². The fourth-order valence-electron chi connectivity index (χ4n) is 3.69. The van der Waals surface area contributed by atoms with Crippen molar-refractivity contribution < 1.29 is 22.7 Å². The lowest BCUT2D eigenvalue weighted by atomic mass is 10.1. The summed E-state index contributed by atoms with van der Waals surface area (Å²) in [4.78, 5) is 15.6. The van der Waals surface area contributed by atoms with Crippen molar-refractivity contribution in [1.82, 2.24) is 9.29 Å². The molecule has 0 radical (unpaired) electrons. The van der Waals surface area contributed by atoms with E-state index in [9.17, 15) is 13.2 Å². The highest BCUT2D eigenvalue weighted by molar-refractivity contribution is 7.89. The highest BCUT2D eigenvalue weighted by Crippen LogP contribution is 2.26. The van der Waals surface area contributed by atoms with E-state index in [4.69, 9.17) is 9.47 Å². The third-order valence-corrected chi connectivity index (χ3v) is 7.46. The first kappa shape index (κ1) is 24.5. The zero-order valence-electron chi connectivity index (χ0n) is 19.4. The van der Waals surface area contributed by atoms with Crippen molar-refractivity contribution >= 4 is 16.0 Å². The van der Waals surface area contributed by atoms with Gasteiger partial charge in [-0.05, 0) is 68.1 Å². The summed E-state index contributed by atoms with van der Waals surface area (Å²) in [7, 11) is -2.27. The van der Waals surface area contributed by atoms with Crippen LogP contribution in [0.1, 0.15) is 39.8 Å². The topological polar surface area (TPSA) is 88.7 Å². The van der Waals surface area contributed by atoms with Gasteiger partial charge in [-0.1, -0.05) is 30.3 Å². The summed E-state index contributed by atoms with van der Waals surface area (Å²) < 4.78 is 39.0. The molecular formula is C25H30N2O5S. The number of hydrogen-bond donors (Lipinski definition) is 1. The molecule has 0 fully saturated rings. The predicted octanol–water partition coefficient (Wildman–Crippen LogP) is 4.25. The maximum atomic E-state index is 13.6. The van der Waals surface area contributed by atoms with Crippen molar-refractivity contribution in [2.75, 3.05) is 20.3 Å². The Morgan fingerprint density at radius 1 is 1.03 bits per heavy atom. The smallest absolute Gasteiger partial charge is 0.355 e. The Morgan fingerprint density at radius 2 is 1.70 bits per heavy atom. The second kappa shape index (κ2) is 10.7. The van der Waals surface area contributed by atoms with Gasteiger partial charge in [0.25, 0.3) is 0 Å². The van der Waals surface area contributed by atoms with Crippen LogP contribution in [0, 0.1) is 13.8 Å².